The van der Waals surface area contributed by atoms with Gasteiger partial charge in [-0.15, -0.1) is 0 Å². The minimum absolute atomic E-state index is 0.0291. The van der Waals surface area contributed by atoms with Crippen molar-refractivity contribution in [2.75, 3.05) is 6.54 Å². The Balaban J connectivity index is 1.44. The van der Waals surface area contributed by atoms with Gasteiger partial charge in [0.15, 0.2) is 0 Å². The maximum atomic E-state index is 12.2. The summed E-state index contributed by atoms with van der Waals surface area (Å²) in [6.07, 6.45) is 1.64. The van der Waals surface area contributed by atoms with Gasteiger partial charge in [-0.1, -0.05) is 60.9 Å². The van der Waals surface area contributed by atoms with Crippen molar-refractivity contribution in [2.45, 2.75) is 38.5 Å². The number of nitrogens with one attached hydrogen (secondary N) is 1. The lowest BCUT2D eigenvalue weighted by Crippen LogP contribution is -2.36. The van der Waals surface area contributed by atoms with Crippen LogP contribution in [0.1, 0.15) is 38.1 Å². The van der Waals surface area contributed by atoms with Crippen molar-refractivity contribution in [1.82, 2.24) is 15.5 Å². The molecule has 0 aliphatic carbocycles. The fourth-order valence-electron chi connectivity index (χ4n) is 2.87. The maximum Gasteiger partial charge on any atom is 0.226 e. The van der Waals surface area contributed by atoms with E-state index in [2.05, 4.69) is 41.4 Å². The van der Waals surface area contributed by atoms with Crippen LogP contribution in [-0.2, 0) is 16.6 Å². The van der Waals surface area contributed by atoms with Gasteiger partial charge in [-0.05, 0) is 36.2 Å². The Morgan fingerprint density at radius 2 is 1.82 bits per heavy atom. The predicted molar refractivity (Wildman–Crippen MR) is 110 cm³/mol. The molecule has 0 saturated carbocycles. The van der Waals surface area contributed by atoms with Gasteiger partial charge in [0.05, 0.1) is 0 Å². The van der Waals surface area contributed by atoms with Crippen molar-refractivity contribution in [3.8, 4) is 11.4 Å². The second kappa shape index (κ2) is 9.02. The van der Waals surface area contributed by atoms with E-state index in [1.165, 1.54) is 5.56 Å². The van der Waals surface area contributed by atoms with Crippen molar-refractivity contribution < 1.29 is 9.32 Å². The van der Waals surface area contributed by atoms with Gasteiger partial charge in [-0.25, -0.2) is 0 Å². The summed E-state index contributed by atoms with van der Waals surface area (Å²) < 4.78 is 5.28. The summed E-state index contributed by atoms with van der Waals surface area (Å²) in [6, 6.07) is 17.5. The highest BCUT2D eigenvalue weighted by Crippen LogP contribution is 2.22. The smallest absolute Gasteiger partial charge is 0.226 e. The first kappa shape index (κ1) is 20.1. The van der Waals surface area contributed by atoms with Gasteiger partial charge in [0.1, 0.15) is 0 Å². The van der Waals surface area contributed by atoms with Crippen molar-refractivity contribution >= 4 is 17.5 Å². The highest BCUT2D eigenvalue weighted by Gasteiger charge is 2.21. The van der Waals surface area contributed by atoms with E-state index >= 15 is 0 Å². The number of halogens is 1. The molecule has 1 heterocycles. The molecule has 28 heavy (non-hydrogen) atoms. The van der Waals surface area contributed by atoms with Crippen molar-refractivity contribution in [3.63, 3.8) is 0 Å². The zero-order valence-corrected chi connectivity index (χ0v) is 16.9. The molecule has 1 aromatic heterocycles. The summed E-state index contributed by atoms with van der Waals surface area (Å²) in [5.74, 6) is 1.09. The Hall–Kier alpha value is -2.66. The highest BCUT2D eigenvalue weighted by atomic mass is 35.5. The van der Waals surface area contributed by atoms with Gasteiger partial charge in [0, 0.05) is 35.4 Å². The monoisotopic (exact) mass is 397 g/mol. The zero-order chi connectivity index (χ0) is 20.0. The average Bonchev–Trinajstić information content (AvgIpc) is 3.17. The quantitative estimate of drug-likeness (QED) is 0.592. The van der Waals surface area contributed by atoms with Crippen LogP contribution in [0.15, 0.2) is 59.1 Å². The molecule has 0 aliphatic heterocycles. The third kappa shape index (κ3) is 5.42. The second-order valence-corrected chi connectivity index (χ2v) is 7.84. The summed E-state index contributed by atoms with van der Waals surface area (Å²) in [6.45, 7) is 4.84. The zero-order valence-electron chi connectivity index (χ0n) is 16.1. The normalized spacial score (nSPS) is 11.4. The lowest BCUT2D eigenvalue weighted by Gasteiger charge is -2.25. The van der Waals surface area contributed by atoms with Gasteiger partial charge in [0.25, 0.3) is 0 Å². The van der Waals surface area contributed by atoms with E-state index < -0.39 is 0 Å². The Labute approximate surface area is 170 Å². The summed E-state index contributed by atoms with van der Waals surface area (Å²) in [7, 11) is 0. The third-order valence-electron chi connectivity index (χ3n) is 4.65. The molecule has 2 aromatic carbocycles. The summed E-state index contributed by atoms with van der Waals surface area (Å²) in [5.41, 5.74) is 1.94. The van der Waals surface area contributed by atoms with Crippen molar-refractivity contribution in [2.24, 2.45) is 0 Å². The number of carbonyl (C=O) groups is 1. The molecule has 0 spiro atoms. The largest absolute Gasteiger partial charge is 0.355 e. The molecule has 1 N–H and O–H groups in total. The number of aryl methyl sites for hydroxylation is 1. The van der Waals surface area contributed by atoms with Crippen LogP contribution in [0.3, 0.4) is 0 Å². The molecule has 0 saturated heterocycles. The van der Waals surface area contributed by atoms with Gasteiger partial charge in [-0.3, -0.25) is 4.79 Å². The molecule has 5 nitrogen and oxygen atoms in total. The molecule has 6 heteroatoms. The standard InChI is InChI=1S/C22H24ClN3O2/c1-22(2,17-7-4-3-5-8-17)15-24-19(27)9-6-10-20-25-21(26-28-20)16-11-13-18(23)14-12-16/h3-5,7-8,11-14H,6,9-10,15H2,1-2H3,(H,24,27). The lowest BCUT2D eigenvalue weighted by molar-refractivity contribution is -0.121. The molecular formula is C22H24ClN3O2. The first-order valence-electron chi connectivity index (χ1n) is 9.35. The molecule has 1 amide bonds. The second-order valence-electron chi connectivity index (χ2n) is 7.40. The SMILES string of the molecule is CC(C)(CNC(=O)CCCc1nc(-c2ccc(Cl)cc2)no1)c1ccccc1. The first-order chi connectivity index (χ1) is 13.4. The van der Waals surface area contributed by atoms with Gasteiger partial charge < -0.3 is 9.84 Å². The molecule has 0 fully saturated rings. The Morgan fingerprint density at radius 3 is 2.54 bits per heavy atom. The molecule has 0 unspecified atom stereocenters. The van der Waals surface area contributed by atoms with Crippen molar-refractivity contribution in [3.05, 3.63) is 71.1 Å². The summed E-state index contributed by atoms with van der Waals surface area (Å²) >= 11 is 5.89. The molecule has 0 aliphatic rings. The van der Waals surface area contributed by atoms with Crippen LogP contribution in [0.4, 0.5) is 0 Å². The maximum absolute atomic E-state index is 12.2. The fraction of sp³-hybridized carbons (Fsp3) is 0.318. The molecule has 3 rings (SSSR count). The van der Waals surface area contributed by atoms with Crippen LogP contribution in [-0.4, -0.2) is 22.6 Å². The predicted octanol–water partition coefficient (Wildman–Crippen LogP) is 4.81. The molecule has 3 aromatic rings. The topological polar surface area (TPSA) is 68.0 Å². The number of carbonyl (C=O) groups excluding carboxylic acids is 1. The number of aromatic nitrogens is 2. The van der Waals surface area contributed by atoms with E-state index in [1.54, 1.807) is 12.1 Å². The van der Waals surface area contributed by atoms with E-state index in [1.807, 2.05) is 30.3 Å². The number of rotatable bonds is 8. The van der Waals surface area contributed by atoms with E-state index in [4.69, 9.17) is 16.1 Å². The van der Waals surface area contributed by atoms with Crippen LogP contribution in [0.5, 0.6) is 0 Å². The molecular weight excluding hydrogens is 374 g/mol. The average molecular weight is 398 g/mol. The fourth-order valence-corrected chi connectivity index (χ4v) is 3.00. The molecule has 0 bridgehead atoms. The highest BCUT2D eigenvalue weighted by molar-refractivity contribution is 6.30. The molecule has 0 atom stereocenters. The number of benzene rings is 2. The van der Waals surface area contributed by atoms with Crippen molar-refractivity contribution in [1.29, 1.82) is 0 Å². The first-order valence-corrected chi connectivity index (χ1v) is 9.72. The van der Waals surface area contributed by atoms with Crippen LogP contribution in [0, 0.1) is 0 Å². The summed E-state index contributed by atoms with van der Waals surface area (Å²) in [5, 5.41) is 7.67. The Morgan fingerprint density at radius 1 is 1.11 bits per heavy atom. The number of nitrogens with zero attached hydrogens (tertiary/aromatic N) is 2. The van der Waals surface area contributed by atoms with E-state index in [-0.39, 0.29) is 11.3 Å². The van der Waals surface area contributed by atoms with Crippen LogP contribution >= 0.6 is 11.6 Å². The van der Waals surface area contributed by atoms with Crippen LogP contribution < -0.4 is 5.32 Å². The molecule has 146 valence electrons. The van der Waals surface area contributed by atoms with Gasteiger partial charge in [0.2, 0.25) is 17.6 Å². The minimum Gasteiger partial charge on any atom is -0.355 e. The Bertz CT molecular complexity index is 905. The number of hydrogen-bond donors (Lipinski definition) is 1. The number of amides is 1. The van der Waals surface area contributed by atoms with Gasteiger partial charge in [-0.2, -0.15) is 4.98 Å². The lowest BCUT2D eigenvalue weighted by atomic mass is 9.84. The third-order valence-corrected chi connectivity index (χ3v) is 4.90. The van der Waals surface area contributed by atoms with Crippen LogP contribution in [0.2, 0.25) is 5.02 Å². The van der Waals surface area contributed by atoms with E-state index in [9.17, 15) is 4.79 Å². The summed E-state index contributed by atoms with van der Waals surface area (Å²) in [4.78, 5) is 16.6. The Kier molecular flexibility index (Phi) is 6.47. The minimum atomic E-state index is -0.114. The van der Waals surface area contributed by atoms with E-state index in [0.717, 1.165) is 5.56 Å². The number of hydrogen-bond acceptors (Lipinski definition) is 4. The van der Waals surface area contributed by atoms with Crippen LogP contribution in [0.25, 0.3) is 11.4 Å². The van der Waals surface area contributed by atoms with E-state index in [0.29, 0.717) is 42.5 Å². The molecule has 0 radical (unpaired) electrons. The van der Waals surface area contributed by atoms with Gasteiger partial charge >= 0.3 is 0 Å².